The molecule has 0 radical (unpaired) electrons. The van der Waals surface area contributed by atoms with Crippen molar-refractivity contribution in [1.82, 2.24) is 0 Å². The quantitative estimate of drug-likeness (QED) is 0.549. The van der Waals surface area contributed by atoms with E-state index >= 15 is 0 Å². The fourth-order valence-electron chi connectivity index (χ4n) is 4.06. The summed E-state index contributed by atoms with van der Waals surface area (Å²) < 4.78 is 21.3. The molecule has 3 nitrogen and oxygen atoms in total. The third-order valence-electron chi connectivity index (χ3n) is 5.18. The first kappa shape index (κ1) is 21.8. The zero-order chi connectivity index (χ0) is 20.3. The van der Waals surface area contributed by atoms with Gasteiger partial charge in [-0.25, -0.2) is 0 Å². The van der Waals surface area contributed by atoms with Crippen LogP contribution in [-0.4, -0.2) is 35.1 Å². The van der Waals surface area contributed by atoms with E-state index in [1.54, 1.807) is 0 Å². The molecule has 1 aromatic carbocycles. The summed E-state index contributed by atoms with van der Waals surface area (Å²) in [5.74, 6) is 0.927. The number of fused-ring (bicyclic) bond motifs is 1. The van der Waals surface area contributed by atoms with Gasteiger partial charge in [-0.15, -0.1) is 0 Å². The standard InChI is InChI=1S/C21H37NO2P2/c1-19(2,3)25-17-15(22(10)11)13-12-14-16(17)24-18(25)26(23,20(4,5)6)21(7,8)9/h12-14,18H,1-11H3/t18-,25+/m1/s1. The van der Waals surface area contributed by atoms with E-state index < -0.39 is 15.1 Å². The zero-order valence-electron chi connectivity index (χ0n) is 18.5. The van der Waals surface area contributed by atoms with Crippen LogP contribution in [0.4, 0.5) is 5.69 Å². The Morgan fingerprint density at radius 1 is 0.962 bits per heavy atom. The molecule has 1 aliphatic heterocycles. The molecule has 0 spiro atoms. The van der Waals surface area contributed by atoms with Crippen LogP contribution in [0, 0.1) is 0 Å². The molecule has 0 N–H and O–H groups in total. The van der Waals surface area contributed by atoms with E-state index in [-0.39, 0.29) is 21.1 Å². The lowest BCUT2D eigenvalue weighted by Crippen LogP contribution is -2.38. The predicted octanol–water partition coefficient (Wildman–Crippen LogP) is 6.29. The van der Waals surface area contributed by atoms with Gasteiger partial charge < -0.3 is 14.2 Å². The van der Waals surface area contributed by atoms with E-state index in [0.717, 1.165) is 5.75 Å². The van der Waals surface area contributed by atoms with Gasteiger partial charge in [0, 0.05) is 35.4 Å². The molecule has 0 aromatic heterocycles. The third kappa shape index (κ3) is 3.35. The molecule has 0 aliphatic carbocycles. The van der Waals surface area contributed by atoms with Gasteiger partial charge in [-0.2, -0.15) is 0 Å². The Labute approximate surface area is 162 Å². The molecule has 0 saturated heterocycles. The first-order chi connectivity index (χ1) is 11.5. The Bertz CT molecular complexity index is 703. The summed E-state index contributed by atoms with van der Waals surface area (Å²) in [6, 6.07) is 6.26. The van der Waals surface area contributed by atoms with Gasteiger partial charge in [0.15, 0.2) is 5.59 Å². The van der Waals surface area contributed by atoms with Crippen LogP contribution >= 0.6 is 15.1 Å². The number of benzene rings is 1. The molecule has 1 aromatic rings. The van der Waals surface area contributed by atoms with Gasteiger partial charge in [-0.1, -0.05) is 68.4 Å². The minimum absolute atomic E-state index is 0.00350. The van der Waals surface area contributed by atoms with Crippen molar-refractivity contribution in [2.45, 2.75) is 83.4 Å². The SMILES string of the molecule is CN(C)c1cccc2c1[P@](C(C)(C)C)[C@H](P(=O)(C(C)(C)C)C(C)(C)C)O2. The van der Waals surface area contributed by atoms with Crippen LogP contribution in [0.15, 0.2) is 18.2 Å². The van der Waals surface area contributed by atoms with E-state index in [2.05, 4.69) is 93.4 Å². The van der Waals surface area contributed by atoms with Gasteiger partial charge in [-0.3, -0.25) is 0 Å². The van der Waals surface area contributed by atoms with Crippen molar-refractivity contribution >= 4 is 26.1 Å². The molecular formula is C21H37NO2P2. The van der Waals surface area contributed by atoms with E-state index in [9.17, 15) is 4.57 Å². The monoisotopic (exact) mass is 397 g/mol. The summed E-state index contributed by atoms with van der Waals surface area (Å²) in [5.41, 5.74) is 0.953. The Balaban J connectivity index is 2.79. The van der Waals surface area contributed by atoms with Crippen molar-refractivity contribution in [3.8, 4) is 5.75 Å². The highest BCUT2D eigenvalue weighted by molar-refractivity contribution is 7.84. The molecule has 0 fully saturated rings. The second kappa shape index (κ2) is 6.52. The van der Waals surface area contributed by atoms with Crippen molar-refractivity contribution in [2.24, 2.45) is 0 Å². The number of nitrogens with zero attached hydrogens (tertiary/aromatic N) is 1. The maximum Gasteiger partial charge on any atom is 0.174 e. The maximum absolute atomic E-state index is 14.7. The van der Waals surface area contributed by atoms with Gasteiger partial charge in [-0.05, 0) is 25.2 Å². The Morgan fingerprint density at radius 3 is 1.85 bits per heavy atom. The zero-order valence-corrected chi connectivity index (χ0v) is 20.3. The first-order valence-electron chi connectivity index (χ1n) is 9.40. The van der Waals surface area contributed by atoms with E-state index in [1.165, 1.54) is 11.0 Å². The van der Waals surface area contributed by atoms with Crippen molar-refractivity contribution in [3.63, 3.8) is 0 Å². The minimum Gasteiger partial charge on any atom is -0.477 e. The summed E-state index contributed by atoms with van der Waals surface area (Å²) in [6.45, 7) is 19.5. The lowest BCUT2D eigenvalue weighted by molar-refractivity contribution is 0.341. The minimum atomic E-state index is -2.73. The number of ether oxygens (including phenoxy) is 1. The molecule has 5 heteroatoms. The predicted molar refractivity (Wildman–Crippen MR) is 119 cm³/mol. The number of rotatable bonds is 2. The van der Waals surface area contributed by atoms with Gasteiger partial charge in [0.05, 0.1) is 0 Å². The van der Waals surface area contributed by atoms with E-state index in [1.807, 2.05) is 6.07 Å². The molecular weight excluding hydrogens is 360 g/mol. The van der Waals surface area contributed by atoms with E-state index in [4.69, 9.17) is 4.74 Å². The van der Waals surface area contributed by atoms with Crippen molar-refractivity contribution in [1.29, 1.82) is 0 Å². The number of hydrogen-bond donors (Lipinski definition) is 0. The fourth-order valence-corrected chi connectivity index (χ4v) is 15.1. The lowest BCUT2D eigenvalue weighted by atomic mass is 10.2. The average molecular weight is 397 g/mol. The second-order valence-electron chi connectivity index (χ2n) is 10.5. The molecule has 0 unspecified atom stereocenters. The molecule has 2 atom stereocenters. The Kier molecular flexibility index (Phi) is 5.46. The lowest BCUT2D eigenvalue weighted by Gasteiger charge is -2.47. The Hall–Kier alpha value is -0.520. The van der Waals surface area contributed by atoms with Crippen LogP contribution in [0.1, 0.15) is 62.3 Å². The molecule has 0 amide bonds. The topological polar surface area (TPSA) is 29.5 Å². The summed E-state index contributed by atoms with van der Waals surface area (Å²) >= 11 is 0. The number of anilines is 1. The van der Waals surface area contributed by atoms with Gasteiger partial charge in [0.25, 0.3) is 0 Å². The highest BCUT2D eigenvalue weighted by Crippen LogP contribution is 2.80. The molecule has 2 rings (SSSR count). The van der Waals surface area contributed by atoms with Gasteiger partial charge in [0.1, 0.15) is 12.9 Å². The van der Waals surface area contributed by atoms with Crippen LogP contribution in [0.25, 0.3) is 0 Å². The van der Waals surface area contributed by atoms with Gasteiger partial charge in [0.2, 0.25) is 0 Å². The average Bonchev–Trinajstić information content (AvgIpc) is 2.82. The van der Waals surface area contributed by atoms with Gasteiger partial charge >= 0.3 is 0 Å². The molecule has 0 bridgehead atoms. The molecule has 1 aliphatic rings. The molecule has 26 heavy (non-hydrogen) atoms. The Morgan fingerprint density at radius 2 is 1.46 bits per heavy atom. The van der Waals surface area contributed by atoms with Crippen LogP contribution in [0.2, 0.25) is 0 Å². The number of hydrogen-bond acceptors (Lipinski definition) is 3. The van der Waals surface area contributed by atoms with Crippen LogP contribution < -0.4 is 14.9 Å². The molecule has 148 valence electrons. The highest BCUT2D eigenvalue weighted by Gasteiger charge is 2.60. The van der Waals surface area contributed by atoms with Crippen molar-refractivity contribution in [2.75, 3.05) is 19.0 Å². The van der Waals surface area contributed by atoms with Crippen LogP contribution in [0.3, 0.4) is 0 Å². The molecule has 0 saturated carbocycles. The maximum atomic E-state index is 14.7. The first-order valence-corrected chi connectivity index (χ1v) is 12.6. The third-order valence-corrected chi connectivity index (χ3v) is 14.5. The summed E-state index contributed by atoms with van der Waals surface area (Å²) in [6.07, 6.45) is 0. The molecule has 1 heterocycles. The normalized spacial score (nSPS) is 21.3. The van der Waals surface area contributed by atoms with Crippen molar-refractivity contribution < 1.29 is 9.30 Å². The fraction of sp³-hybridized carbons (Fsp3) is 0.714. The van der Waals surface area contributed by atoms with Crippen molar-refractivity contribution in [3.05, 3.63) is 18.2 Å². The largest absolute Gasteiger partial charge is 0.477 e. The van der Waals surface area contributed by atoms with Crippen LogP contribution in [-0.2, 0) is 4.57 Å². The van der Waals surface area contributed by atoms with Crippen LogP contribution in [0.5, 0.6) is 5.75 Å². The van der Waals surface area contributed by atoms with E-state index in [0.29, 0.717) is 0 Å². The summed E-state index contributed by atoms with van der Waals surface area (Å²) in [5, 5.41) is 0.645. The smallest absolute Gasteiger partial charge is 0.174 e. The summed E-state index contributed by atoms with van der Waals surface area (Å²) in [4.78, 5) is 2.16. The summed E-state index contributed by atoms with van der Waals surface area (Å²) in [7, 11) is 0.657. The second-order valence-corrected chi connectivity index (χ2v) is 18.4. The highest BCUT2D eigenvalue weighted by atomic mass is 31.2.